The van der Waals surface area contributed by atoms with Crippen LogP contribution in [0.15, 0.2) is 98.2 Å². The molecular formula is C39H39Br2ClN2O4. The molecule has 0 unspecified atom stereocenters. The number of benzene rings is 3. The monoisotopic (exact) mass is 792 g/mol. The molecule has 0 fully saturated rings. The molecule has 0 saturated carbocycles. The van der Waals surface area contributed by atoms with Gasteiger partial charge in [0.15, 0.2) is 18.2 Å². The quantitative estimate of drug-likeness (QED) is 0.246. The average Bonchev–Trinajstić information content (AvgIpc) is 2.99. The van der Waals surface area contributed by atoms with Gasteiger partial charge < -0.3 is 15.0 Å². The predicted octanol–water partition coefficient (Wildman–Crippen LogP) is 9.81. The molecule has 1 aliphatic heterocycles. The maximum Gasteiger partial charge on any atom is 0.262 e. The largest absolute Gasteiger partial charge is 0.481 e. The third-order valence-electron chi connectivity index (χ3n) is 9.34. The molecular weight excluding hydrogens is 756 g/mol. The SMILES string of the molecule is CC1(C)CC(=O)C2=C(C1)N(CCc1ccccc1)C1=C(C(=O)CC(C)(C)C1)C2c1cc(Br)c(OCC(=O)Nc2ccccc2Cl)c(Br)c1. The van der Waals surface area contributed by atoms with E-state index < -0.39 is 5.92 Å². The minimum atomic E-state index is -0.500. The first kappa shape index (κ1) is 34.7. The number of hydrogen-bond donors (Lipinski definition) is 1. The van der Waals surface area contributed by atoms with Crippen molar-refractivity contribution >= 4 is 66.6 Å². The normalized spacial score (nSPS) is 18.9. The summed E-state index contributed by atoms with van der Waals surface area (Å²) >= 11 is 13.6. The number of allylic oxidation sites excluding steroid dienone is 4. The molecule has 3 aromatic rings. The minimum absolute atomic E-state index is 0.0870. The van der Waals surface area contributed by atoms with E-state index in [1.54, 1.807) is 24.3 Å². The van der Waals surface area contributed by atoms with Crippen LogP contribution in [0.25, 0.3) is 0 Å². The van der Waals surface area contributed by atoms with E-state index in [1.165, 1.54) is 5.56 Å². The number of ketones is 2. The van der Waals surface area contributed by atoms with Crippen LogP contribution in [0.1, 0.15) is 70.4 Å². The fourth-order valence-corrected chi connectivity index (χ4v) is 8.94. The van der Waals surface area contributed by atoms with Crippen LogP contribution < -0.4 is 10.1 Å². The fourth-order valence-electron chi connectivity index (χ4n) is 7.31. The molecule has 0 aromatic heterocycles. The molecule has 2 aliphatic carbocycles. The molecule has 1 heterocycles. The average molecular weight is 795 g/mol. The number of rotatable bonds is 8. The predicted molar refractivity (Wildman–Crippen MR) is 197 cm³/mol. The third-order valence-corrected chi connectivity index (χ3v) is 10.8. The molecule has 0 bridgehead atoms. The van der Waals surface area contributed by atoms with Gasteiger partial charge in [-0.3, -0.25) is 14.4 Å². The van der Waals surface area contributed by atoms with Crippen molar-refractivity contribution in [3.63, 3.8) is 0 Å². The highest BCUT2D eigenvalue weighted by Gasteiger charge is 2.49. The molecule has 6 nitrogen and oxygen atoms in total. The molecule has 0 atom stereocenters. The maximum absolute atomic E-state index is 14.2. The smallest absolute Gasteiger partial charge is 0.262 e. The summed E-state index contributed by atoms with van der Waals surface area (Å²) in [6.45, 7) is 9.06. The number of anilines is 1. The number of Topliss-reactive ketones (excluding diaryl/α,β-unsaturated/α-hetero) is 2. The lowest BCUT2D eigenvalue weighted by Gasteiger charge is -2.49. The van der Waals surface area contributed by atoms with Gasteiger partial charge >= 0.3 is 0 Å². The molecule has 1 N–H and O–H groups in total. The van der Waals surface area contributed by atoms with Crippen molar-refractivity contribution < 1.29 is 19.1 Å². The Kier molecular flexibility index (Phi) is 9.82. The summed E-state index contributed by atoms with van der Waals surface area (Å²) < 4.78 is 7.19. The van der Waals surface area contributed by atoms with Crippen LogP contribution in [0, 0.1) is 10.8 Å². The minimum Gasteiger partial charge on any atom is -0.481 e. The second-order valence-electron chi connectivity index (χ2n) is 14.6. The maximum atomic E-state index is 14.2. The van der Waals surface area contributed by atoms with Gasteiger partial charge in [-0.2, -0.15) is 0 Å². The number of amides is 1. The summed E-state index contributed by atoms with van der Waals surface area (Å²) in [6, 6.07) is 21.2. The Balaban J connectivity index is 1.39. The lowest BCUT2D eigenvalue weighted by atomic mass is 9.63. The van der Waals surface area contributed by atoms with Crippen LogP contribution in [0.2, 0.25) is 5.02 Å². The lowest BCUT2D eigenvalue weighted by molar-refractivity contribution is -0.120. The number of carbonyl (C=O) groups excluding carboxylic acids is 3. The summed E-state index contributed by atoms with van der Waals surface area (Å²) in [5, 5.41) is 3.21. The fraction of sp³-hybridized carbons (Fsp3) is 0.359. The van der Waals surface area contributed by atoms with E-state index in [-0.39, 0.29) is 34.9 Å². The Morgan fingerprint density at radius 3 is 1.96 bits per heavy atom. The Bertz CT molecular complexity index is 1790. The lowest BCUT2D eigenvalue weighted by Crippen LogP contribution is -2.45. The van der Waals surface area contributed by atoms with Gasteiger partial charge in [0.1, 0.15) is 5.75 Å². The molecule has 3 aliphatic rings. The molecule has 0 radical (unpaired) electrons. The molecule has 9 heteroatoms. The van der Waals surface area contributed by atoms with E-state index in [1.807, 2.05) is 30.3 Å². The molecule has 3 aromatic carbocycles. The van der Waals surface area contributed by atoms with Crippen LogP contribution in [0.4, 0.5) is 5.69 Å². The zero-order chi connectivity index (χ0) is 34.4. The molecule has 250 valence electrons. The summed E-state index contributed by atoms with van der Waals surface area (Å²) in [6.07, 6.45) is 3.13. The summed E-state index contributed by atoms with van der Waals surface area (Å²) in [4.78, 5) is 43.5. The van der Waals surface area contributed by atoms with Crippen LogP contribution in [0.5, 0.6) is 5.75 Å². The van der Waals surface area contributed by atoms with Gasteiger partial charge in [0.05, 0.1) is 19.7 Å². The highest BCUT2D eigenvalue weighted by molar-refractivity contribution is 9.11. The van der Waals surface area contributed by atoms with Gasteiger partial charge in [-0.05, 0) is 97.3 Å². The number of nitrogens with zero attached hydrogens (tertiary/aromatic N) is 1. The van der Waals surface area contributed by atoms with Crippen molar-refractivity contribution in [1.29, 1.82) is 0 Å². The molecule has 0 saturated heterocycles. The highest BCUT2D eigenvalue weighted by atomic mass is 79.9. The molecule has 6 rings (SSSR count). The van der Waals surface area contributed by atoms with Crippen LogP contribution in [-0.4, -0.2) is 35.5 Å². The van der Waals surface area contributed by atoms with Gasteiger partial charge in [0.2, 0.25) is 0 Å². The van der Waals surface area contributed by atoms with Crippen LogP contribution in [-0.2, 0) is 20.8 Å². The number of nitrogens with one attached hydrogen (secondary N) is 1. The van der Waals surface area contributed by atoms with Gasteiger partial charge in [-0.1, -0.05) is 81.8 Å². The van der Waals surface area contributed by atoms with Crippen molar-refractivity contribution in [2.24, 2.45) is 10.8 Å². The Labute approximate surface area is 304 Å². The Hall–Kier alpha value is -3.20. The Morgan fingerprint density at radius 2 is 1.40 bits per heavy atom. The van der Waals surface area contributed by atoms with E-state index >= 15 is 0 Å². The van der Waals surface area contributed by atoms with Crippen molar-refractivity contribution in [3.05, 3.63) is 114 Å². The van der Waals surface area contributed by atoms with Gasteiger partial charge in [0, 0.05) is 47.8 Å². The molecule has 48 heavy (non-hydrogen) atoms. The van der Waals surface area contributed by atoms with Crippen molar-refractivity contribution in [1.82, 2.24) is 4.90 Å². The second-order valence-corrected chi connectivity index (χ2v) is 16.7. The topological polar surface area (TPSA) is 75.7 Å². The number of para-hydroxylation sites is 1. The first-order chi connectivity index (χ1) is 22.7. The number of hydrogen-bond acceptors (Lipinski definition) is 5. The second kappa shape index (κ2) is 13.6. The van der Waals surface area contributed by atoms with E-state index in [2.05, 4.69) is 81.9 Å². The summed E-state index contributed by atoms with van der Waals surface area (Å²) in [5.41, 5.74) is 5.64. The Morgan fingerprint density at radius 1 is 0.854 bits per heavy atom. The highest BCUT2D eigenvalue weighted by Crippen LogP contribution is 2.55. The summed E-state index contributed by atoms with van der Waals surface area (Å²) in [7, 11) is 0. The van der Waals surface area contributed by atoms with Gasteiger partial charge in [0.25, 0.3) is 5.91 Å². The van der Waals surface area contributed by atoms with Crippen LogP contribution in [0.3, 0.4) is 0 Å². The first-order valence-corrected chi connectivity index (χ1v) is 18.2. The summed E-state index contributed by atoms with van der Waals surface area (Å²) in [5.74, 6) is -0.235. The standard InChI is InChI=1S/C39H39Br2ClN2O4/c1-38(2)18-29-35(31(45)20-38)34(36-30(19-39(3,4)21-32(36)46)44(29)15-14-23-10-6-5-7-11-23)24-16-25(40)37(26(41)17-24)48-22-33(47)43-28-13-9-8-12-27(28)42/h5-13,16-17,34H,14-15,18-22H2,1-4H3,(H,43,47). The van der Waals surface area contributed by atoms with E-state index in [4.69, 9.17) is 16.3 Å². The molecule has 1 amide bonds. The van der Waals surface area contributed by atoms with Crippen molar-refractivity contribution in [3.8, 4) is 5.75 Å². The zero-order valence-electron chi connectivity index (χ0n) is 27.6. The first-order valence-electron chi connectivity index (χ1n) is 16.2. The van der Waals surface area contributed by atoms with Crippen molar-refractivity contribution in [2.45, 2.75) is 65.7 Å². The number of halogens is 3. The zero-order valence-corrected chi connectivity index (χ0v) is 31.5. The third kappa shape index (κ3) is 7.22. The molecule has 0 spiro atoms. The van der Waals surface area contributed by atoms with E-state index in [0.717, 1.165) is 47.4 Å². The van der Waals surface area contributed by atoms with Gasteiger partial charge in [-0.15, -0.1) is 0 Å². The van der Waals surface area contributed by atoms with Crippen molar-refractivity contribution in [2.75, 3.05) is 18.5 Å². The van der Waals surface area contributed by atoms with Crippen LogP contribution >= 0.6 is 43.5 Å². The number of ether oxygens (including phenoxy) is 1. The van der Waals surface area contributed by atoms with E-state index in [0.29, 0.717) is 44.8 Å². The van der Waals surface area contributed by atoms with E-state index in [9.17, 15) is 14.4 Å². The van der Waals surface area contributed by atoms with Gasteiger partial charge in [-0.25, -0.2) is 0 Å². The number of carbonyl (C=O) groups is 3.